The van der Waals surface area contributed by atoms with Crippen LogP contribution in [0.5, 0.6) is 5.75 Å². The molecule has 0 heterocycles. The van der Waals surface area contributed by atoms with E-state index in [4.69, 9.17) is 4.74 Å². The number of carbonyl (C=O) groups is 1. The third-order valence-electron chi connectivity index (χ3n) is 4.74. The molecule has 0 aliphatic heterocycles. The zero-order valence-corrected chi connectivity index (χ0v) is 16.5. The quantitative estimate of drug-likeness (QED) is 0.676. The molecule has 0 radical (unpaired) electrons. The van der Waals surface area contributed by atoms with Gasteiger partial charge in [0.05, 0.1) is 0 Å². The zero-order valence-electron chi connectivity index (χ0n) is 16.5. The Labute approximate surface area is 161 Å². The Morgan fingerprint density at radius 2 is 1.63 bits per heavy atom. The number of carbonyl (C=O) groups excluding carboxylic acids is 1. The Morgan fingerprint density at radius 1 is 0.963 bits per heavy atom. The summed E-state index contributed by atoms with van der Waals surface area (Å²) in [6.07, 6.45) is -0.555. The Morgan fingerprint density at radius 3 is 2.33 bits per heavy atom. The standard InChI is InChI=1S/C24H27NO2/c1-17(27-21-14-12-20(13-15-21)24(2,3)4)23(26)25-16-19-10-7-9-18-8-5-6-11-22(18)19/h5-15,17H,16H2,1-4H3,(H,25,26)/t17-/m0/s1. The molecule has 1 amide bonds. The van der Waals surface area contributed by atoms with Crippen LogP contribution in [-0.4, -0.2) is 12.0 Å². The van der Waals surface area contributed by atoms with Crippen LogP contribution in [-0.2, 0) is 16.8 Å². The number of ether oxygens (including phenoxy) is 1. The summed E-state index contributed by atoms with van der Waals surface area (Å²) in [5, 5.41) is 5.32. The molecule has 0 aliphatic carbocycles. The number of hydrogen-bond donors (Lipinski definition) is 1. The first-order chi connectivity index (χ1) is 12.8. The van der Waals surface area contributed by atoms with E-state index in [1.165, 1.54) is 10.9 Å². The number of rotatable bonds is 5. The zero-order chi connectivity index (χ0) is 19.4. The second-order valence-electron chi connectivity index (χ2n) is 7.89. The molecule has 3 nitrogen and oxygen atoms in total. The predicted molar refractivity (Wildman–Crippen MR) is 111 cm³/mol. The molecule has 0 spiro atoms. The summed E-state index contributed by atoms with van der Waals surface area (Å²) >= 11 is 0. The highest BCUT2D eigenvalue weighted by molar-refractivity contribution is 5.86. The van der Waals surface area contributed by atoms with Crippen LogP contribution in [0.25, 0.3) is 10.8 Å². The molecule has 1 atom stereocenters. The van der Waals surface area contributed by atoms with Gasteiger partial charge in [-0.05, 0) is 46.4 Å². The fourth-order valence-electron chi connectivity index (χ4n) is 3.06. The lowest BCUT2D eigenvalue weighted by atomic mass is 9.87. The van der Waals surface area contributed by atoms with E-state index in [2.05, 4.69) is 56.4 Å². The minimum absolute atomic E-state index is 0.0972. The van der Waals surface area contributed by atoms with Crippen LogP contribution in [0, 0.1) is 0 Å². The summed E-state index contributed by atoms with van der Waals surface area (Å²) in [7, 11) is 0. The van der Waals surface area contributed by atoms with Crippen molar-refractivity contribution in [2.24, 2.45) is 0 Å². The second kappa shape index (κ2) is 7.83. The summed E-state index contributed by atoms with van der Waals surface area (Å²) in [6, 6.07) is 22.3. The van der Waals surface area contributed by atoms with Gasteiger partial charge in [-0.3, -0.25) is 4.79 Å². The molecular formula is C24H27NO2. The molecule has 0 unspecified atom stereocenters. The molecule has 0 bridgehead atoms. The second-order valence-corrected chi connectivity index (χ2v) is 7.89. The van der Waals surface area contributed by atoms with Crippen LogP contribution in [0.2, 0.25) is 0 Å². The van der Waals surface area contributed by atoms with Crippen LogP contribution < -0.4 is 10.1 Å². The first-order valence-corrected chi connectivity index (χ1v) is 9.36. The largest absolute Gasteiger partial charge is 0.481 e. The predicted octanol–water partition coefficient (Wildman–Crippen LogP) is 5.22. The number of hydrogen-bond acceptors (Lipinski definition) is 2. The van der Waals surface area contributed by atoms with Crippen LogP contribution in [0.3, 0.4) is 0 Å². The lowest BCUT2D eigenvalue weighted by molar-refractivity contribution is -0.127. The fraction of sp³-hybridized carbons (Fsp3) is 0.292. The van der Waals surface area contributed by atoms with E-state index >= 15 is 0 Å². The van der Waals surface area contributed by atoms with Gasteiger partial charge in [0, 0.05) is 6.54 Å². The highest BCUT2D eigenvalue weighted by Crippen LogP contribution is 2.24. The molecule has 0 fully saturated rings. The van der Waals surface area contributed by atoms with Crippen molar-refractivity contribution in [3.8, 4) is 5.75 Å². The monoisotopic (exact) mass is 361 g/mol. The maximum atomic E-state index is 12.4. The van der Waals surface area contributed by atoms with Crippen LogP contribution >= 0.6 is 0 Å². The molecular weight excluding hydrogens is 334 g/mol. The van der Waals surface area contributed by atoms with Gasteiger partial charge in [-0.25, -0.2) is 0 Å². The lowest BCUT2D eigenvalue weighted by Crippen LogP contribution is -2.35. The minimum Gasteiger partial charge on any atom is -0.481 e. The Balaban J connectivity index is 1.61. The maximum Gasteiger partial charge on any atom is 0.261 e. The molecule has 0 aliphatic rings. The van der Waals surface area contributed by atoms with Gasteiger partial charge >= 0.3 is 0 Å². The van der Waals surface area contributed by atoms with Crippen molar-refractivity contribution in [3.05, 3.63) is 77.9 Å². The fourth-order valence-corrected chi connectivity index (χ4v) is 3.06. The number of amides is 1. The Kier molecular flexibility index (Phi) is 5.50. The van der Waals surface area contributed by atoms with E-state index in [0.29, 0.717) is 12.3 Å². The van der Waals surface area contributed by atoms with Gasteiger partial charge in [-0.1, -0.05) is 75.4 Å². The maximum absolute atomic E-state index is 12.4. The van der Waals surface area contributed by atoms with E-state index in [9.17, 15) is 4.79 Å². The van der Waals surface area contributed by atoms with Crippen molar-refractivity contribution >= 4 is 16.7 Å². The van der Waals surface area contributed by atoms with E-state index in [-0.39, 0.29) is 11.3 Å². The number of fused-ring (bicyclic) bond motifs is 1. The summed E-state index contributed by atoms with van der Waals surface area (Å²) in [4.78, 5) is 12.4. The van der Waals surface area contributed by atoms with Crippen molar-refractivity contribution in [2.75, 3.05) is 0 Å². The summed E-state index contributed by atoms with van der Waals surface area (Å²) < 4.78 is 5.81. The number of nitrogens with one attached hydrogen (secondary N) is 1. The molecule has 0 saturated carbocycles. The Bertz CT molecular complexity index is 918. The van der Waals surface area contributed by atoms with Crippen molar-refractivity contribution in [1.82, 2.24) is 5.32 Å². The highest BCUT2D eigenvalue weighted by Gasteiger charge is 2.16. The van der Waals surface area contributed by atoms with Crippen LogP contribution in [0.1, 0.15) is 38.8 Å². The summed E-state index contributed by atoms with van der Waals surface area (Å²) in [5.41, 5.74) is 2.44. The molecule has 0 saturated heterocycles. The molecule has 3 aromatic carbocycles. The van der Waals surface area contributed by atoms with Crippen LogP contribution in [0.4, 0.5) is 0 Å². The normalized spacial score (nSPS) is 12.6. The van der Waals surface area contributed by atoms with Gasteiger partial charge in [-0.15, -0.1) is 0 Å². The highest BCUT2D eigenvalue weighted by atomic mass is 16.5. The third kappa shape index (κ3) is 4.68. The summed E-state index contributed by atoms with van der Waals surface area (Å²) in [6.45, 7) is 8.78. The topological polar surface area (TPSA) is 38.3 Å². The van der Waals surface area contributed by atoms with Gasteiger partial charge in [0.2, 0.25) is 0 Å². The minimum atomic E-state index is -0.555. The van der Waals surface area contributed by atoms with E-state index < -0.39 is 6.10 Å². The van der Waals surface area contributed by atoms with Gasteiger partial charge in [0.15, 0.2) is 6.10 Å². The van der Waals surface area contributed by atoms with E-state index in [1.807, 2.05) is 36.4 Å². The first kappa shape index (κ1) is 19.0. The van der Waals surface area contributed by atoms with E-state index in [1.54, 1.807) is 6.92 Å². The Hall–Kier alpha value is -2.81. The molecule has 0 aromatic heterocycles. The molecule has 3 aromatic rings. The van der Waals surface area contributed by atoms with E-state index in [0.717, 1.165) is 10.9 Å². The van der Waals surface area contributed by atoms with Crippen molar-refractivity contribution in [3.63, 3.8) is 0 Å². The van der Waals surface area contributed by atoms with Gasteiger partial charge in [0.25, 0.3) is 5.91 Å². The average molecular weight is 361 g/mol. The molecule has 3 rings (SSSR count). The molecule has 1 N–H and O–H groups in total. The van der Waals surface area contributed by atoms with Gasteiger partial charge in [0.1, 0.15) is 5.75 Å². The third-order valence-corrected chi connectivity index (χ3v) is 4.74. The molecule has 27 heavy (non-hydrogen) atoms. The first-order valence-electron chi connectivity index (χ1n) is 9.36. The molecule has 3 heteroatoms. The average Bonchev–Trinajstić information content (AvgIpc) is 2.65. The van der Waals surface area contributed by atoms with Crippen LogP contribution in [0.15, 0.2) is 66.7 Å². The van der Waals surface area contributed by atoms with Crippen molar-refractivity contribution in [2.45, 2.75) is 45.8 Å². The number of benzene rings is 3. The summed E-state index contributed by atoms with van der Waals surface area (Å²) in [5.74, 6) is 0.582. The van der Waals surface area contributed by atoms with Gasteiger partial charge in [-0.2, -0.15) is 0 Å². The SMILES string of the molecule is C[C@H](Oc1ccc(C(C)(C)C)cc1)C(=O)NCc1cccc2ccccc12. The van der Waals surface area contributed by atoms with Gasteiger partial charge < -0.3 is 10.1 Å². The van der Waals surface area contributed by atoms with Crippen molar-refractivity contribution in [1.29, 1.82) is 0 Å². The lowest BCUT2D eigenvalue weighted by Gasteiger charge is -2.20. The smallest absolute Gasteiger partial charge is 0.261 e. The van der Waals surface area contributed by atoms with Crippen molar-refractivity contribution < 1.29 is 9.53 Å². The molecule has 140 valence electrons.